The van der Waals surface area contributed by atoms with E-state index < -0.39 is 13.9 Å². The first kappa shape index (κ1) is 11.9. The zero-order valence-corrected chi connectivity index (χ0v) is 11.1. The van der Waals surface area contributed by atoms with Gasteiger partial charge >= 0.3 is 73.2 Å². The summed E-state index contributed by atoms with van der Waals surface area (Å²) < 4.78 is 0. The molecule has 2 heteroatoms. The molecule has 0 saturated carbocycles. The molecule has 0 aromatic heterocycles. The molecule has 0 spiro atoms. The number of hydrogen-bond donors (Lipinski definition) is 0. The molecule has 0 aromatic carbocycles. The Balaban J connectivity index is 4.54. The molecule has 0 fully saturated rings. The second kappa shape index (κ2) is 4.20. The van der Waals surface area contributed by atoms with Crippen LogP contribution < -0.4 is 0 Å². The van der Waals surface area contributed by atoms with Gasteiger partial charge in [-0.2, -0.15) is 0 Å². The van der Waals surface area contributed by atoms with Crippen molar-refractivity contribution in [2.45, 2.75) is 20.8 Å². The molecule has 0 nitrogen and oxygen atoms in total. The van der Waals surface area contributed by atoms with Crippen molar-refractivity contribution < 1.29 is 0 Å². The molecule has 0 aliphatic heterocycles. The molecule has 0 saturated heterocycles. The van der Waals surface area contributed by atoms with Crippen molar-refractivity contribution in [1.82, 2.24) is 0 Å². The zero-order valence-electron chi connectivity index (χ0n) is 9.12. The molecule has 0 unspecified atom stereocenters. The molecular formula is C9H26P2. The Bertz CT molecular complexity index is 101. The first-order valence-electron chi connectivity index (χ1n) is 4.93. The van der Waals surface area contributed by atoms with Gasteiger partial charge in [-0.3, -0.25) is 0 Å². The zero-order chi connectivity index (χ0) is 9.12. The summed E-state index contributed by atoms with van der Waals surface area (Å²) in [5.41, 5.74) is 0. The standard InChI is InChI=1S/C9H26P2/c1-7-11(8-2,9-3)10(4,5)6/h10-11H,7-9H2,1-6H3. The fourth-order valence-electron chi connectivity index (χ4n) is 2.34. The maximum atomic E-state index is 2.57. The molecule has 0 aliphatic carbocycles. The minimum atomic E-state index is -0.798. The quantitative estimate of drug-likeness (QED) is 0.605. The summed E-state index contributed by atoms with van der Waals surface area (Å²) in [7, 11) is 0. The van der Waals surface area contributed by atoms with E-state index in [0.29, 0.717) is 0 Å². The van der Waals surface area contributed by atoms with Gasteiger partial charge in [0.2, 0.25) is 0 Å². The molecule has 0 amide bonds. The average Bonchev–Trinajstić information content (AvgIpc) is 1.90. The van der Waals surface area contributed by atoms with Crippen LogP contribution in [0.2, 0.25) is 0 Å². The SMILES string of the molecule is CC[PH](CC)(CC)[PH](C)(C)C. The fraction of sp³-hybridized carbons (Fsp3) is 1.00. The van der Waals surface area contributed by atoms with Crippen molar-refractivity contribution in [3.05, 3.63) is 0 Å². The summed E-state index contributed by atoms with van der Waals surface area (Å²) in [5, 5.41) is 0. The van der Waals surface area contributed by atoms with Crippen LogP contribution in [0, 0.1) is 0 Å². The van der Waals surface area contributed by atoms with E-state index in [0.717, 1.165) is 0 Å². The molecule has 0 N–H and O–H groups in total. The Kier molecular flexibility index (Phi) is 4.53. The van der Waals surface area contributed by atoms with Crippen molar-refractivity contribution in [3.63, 3.8) is 0 Å². The summed E-state index contributed by atoms with van der Waals surface area (Å²) in [6, 6.07) is 0. The molecule has 0 radical (unpaired) electrons. The van der Waals surface area contributed by atoms with Crippen LogP contribution >= 0.6 is 13.9 Å². The van der Waals surface area contributed by atoms with Crippen LogP contribution in [0.15, 0.2) is 0 Å². The third-order valence-corrected chi connectivity index (χ3v) is 23.6. The Morgan fingerprint density at radius 3 is 1.00 bits per heavy atom. The van der Waals surface area contributed by atoms with Crippen LogP contribution in [0.25, 0.3) is 0 Å². The van der Waals surface area contributed by atoms with Crippen LogP contribution in [0.1, 0.15) is 20.8 Å². The van der Waals surface area contributed by atoms with Gasteiger partial charge in [-0.05, 0) is 0 Å². The summed E-state index contributed by atoms with van der Waals surface area (Å²) in [4.78, 5) is 0. The third kappa shape index (κ3) is 2.40. The molecule has 72 valence electrons. The van der Waals surface area contributed by atoms with E-state index in [1.54, 1.807) is 0 Å². The molecule has 11 heavy (non-hydrogen) atoms. The molecule has 0 rings (SSSR count). The van der Waals surface area contributed by atoms with Gasteiger partial charge in [-0.15, -0.1) is 0 Å². The van der Waals surface area contributed by atoms with Crippen molar-refractivity contribution in [3.8, 4) is 0 Å². The Hall–Kier alpha value is 0.860. The predicted octanol–water partition coefficient (Wildman–Crippen LogP) is 3.35. The van der Waals surface area contributed by atoms with Gasteiger partial charge in [0.1, 0.15) is 0 Å². The normalized spacial score (nSPS) is 16.5. The van der Waals surface area contributed by atoms with Crippen molar-refractivity contribution in [1.29, 1.82) is 0 Å². The van der Waals surface area contributed by atoms with E-state index >= 15 is 0 Å². The van der Waals surface area contributed by atoms with Gasteiger partial charge in [0.15, 0.2) is 0 Å². The van der Waals surface area contributed by atoms with E-state index in [-0.39, 0.29) is 0 Å². The molecule has 0 bridgehead atoms. The number of rotatable bonds is 4. The van der Waals surface area contributed by atoms with E-state index in [9.17, 15) is 0 Å². The number of hydrogen-bond acceptors (Lipinski definition) is 0. The van der Waals surface area contributed by atoms with Crippen LogP contribution in [0.3, 0.4) is 0 Å². The van der Waals surface area contributed by atoms with Crippen molar-refractivity contribution >= 4 is 13.9 Å². The van der Waals surface area contributed by atoms with Crippen molar-refractivity contribution in [2.24, 2.45) is 0 Å². The first-order valence-corrected chi connectivity index (χ1v) is 12.1. The van der Waals surface area contributed by atoms with E-state index in [4.69, 9.17) is 0 Å². The van der Waals surface area contributed by atoms with Crippen LogP contribution in [-0.4, -0.2) is 38.5 Å². The minimum absolute atomic E-state index is 0.780. The monoisotopic (exact) mass is 196 g/mol. The Morgan fingerprint density at radius 1 is 0.727 bits per heavy atom. The molecule has 0 aromatic rings. The maximum absolute atomic E-state index is 2.57. The second-order valence-electron chi connectivity index (χ2n) is 4.59. The van der Waals surface area contributed by atoms with E-state index in [1.807, 2.05) is 0 Å². The van der Waals surface area contributed by atoms with Crippen molar-refractivity contribution in [2.75, 3.05) is 38.5 Å². The molecular weight excluding hydrogens is 170 g/mol. The fourth-order valence-corrected chi connectivity index (χ4v) is 16.6. The van der Waals surface area contributed by atoms with Crippen LogP contribution in [0.5, 0.6) is 0 Å². The summed E-state index contributed by atoms with van der Waals surface area (Å²) in [6.07, 6.45) is 4.53. The van der Waals surface area contributed by atoms with Crippen LogP contribution in [0.4, 0.5) is 0 Å². The summed E-state index contributed by atoms with van der Waals surface area (Å²) >= 11 is 0. The van der Waals surface area contributed by atoms with E-state index in [2.05, 4.69) is 40.8 Å². The molecule has 0 heterocycles. The van der Waals surface area contributed by atoms with Gasteiger partial charge in [0, 0.05) is 0 Å². The molecule has 0 aliphatic rings. The van der Waals surface area contributed by atoms with Gasteiger partial charge < -0.3 is 0 Å². The topological polar surface area (TPSA) is 0 Å². The third-order valence-electron chi connectivity index (χ3n) is 3.62. The Labute approximate surface area is 73.7 Å². The Morgan fingerprint density at radius 2 is 1.00 bits per heavy atom. The molecule has 0 atom stereocenters. The van der Waals surface area contributed by atoms with E-state index in [1.165, 1.54) is 18.5 Å². The van der Waals surface area contributed by atoms with Gasteiger partial charge in [0.05, 0.1) is 0 Å². The van der Waals surface area contributed by atoms with Gasteiger partial charge in [-0.25, -0.2) is 0 Å². The van der Waals surface area contributed by atoms with Crippen LogP contribution in [-0.2, 0) is 0 Å². The first-order chi connectivity index (χ1) is 4.93. The second-order valence-corrected chi connectivity index (χ2v) is 21.5. The average molecular weight is 196 g/mol. The van der Waals surface area contributed by atoms with Gasteiger partial charge in [-0.1, -0.05) is 0 Å². The van der Waals surface area contributed by atoms with Gasteiger partial charge in [0.25, 0.3) is 0 Å². The predicted molar refractivity (Wildman–Crippen MR) is 66.0 cm³/mol. The summed E-state index contributed by atoms with van der Waals surface area (Å²) in [6.45, 7) is 13.4. The summed E-state index contributed by atoms with van der Waals surface area (Å²) in [5.74, 6) is 0.